The van der Waals surface area contributed by atoms with Crippen molar-refractivity contribution in [3.63, 3.8) is 0 Å². The van der Waals surface area contributed by atoms with E-state index in [1.54, 1.807) is 6.20 Å². The van der Waals surface area contributed by atoms with E-state index in [-0.39, 0.29) is 5.91 Å². The number of fused-ring (bicyclic) bond motifs is 1. The van der Waals surface area contributed by atoms with Crippen molar-refractivity contribution in [3.8, 4) is 0 Å². The molecule has 1 aliphatic rings. The van der Waals surface area contributed by atoms with Crippen LogP contribution in [-0.4, -0.2) is 46.2 Å². The van der Waals surface area contributed by atoms with Gasteiger partial charge in [0.05, 0.1) is 11.7 Å². The zero-order chi connectivity index (χ0) is 13.4. The first-order valence-corrected chi connectivity index (χ1v) is 6.62. The van der Waals surface area contributed by atoms with E-state index in [0.717, 1.165) is 29.6 Å². The highest BCUT2D eigenvalue weighted by Gasteiger charge is 2.25. The lowest BCUT2D eigenvalue weighted by atomic mass is 10.1. The second kappa shape index (κ2) is 4.66. The third-order valence-corrected chi connectivity index (χ3v) is 3.53. The standard InChI is InChI=1S/C14H18N4O/c1-9-7-18(8-10(2)16-9)14(19)11-3-4-13-12(5-11)6-15-17-13/h3-6,9-10,16H,7-8H2,1-2H3,(H,15,17)/t9-,10+. The Labute approximate surface area is 112 Å². The molecule has 0 radical (unpaired) electrons. The Balaban J connectivity index is 1.86. The van der Waals surface area contributed by atoms with Crippen LogP contribution in [-0.2, 0) is 0 Å². The van der Waals surface area contributed by atoms with Crippen LogP contribution >= 0.6 is 0 Å². The number of carbonyl (C=O) groups excluding carboxylic acids is 1. The lowest BCUT2D eigenvalue weighted by Gasteiger charge is -2.36. The van der Waals surface area contributed by atoms with Gasteiger partial charge in [-0.05, 0) is 32.0 Å². The fourth-order valence-corrected chi connectivity index (χ4v) is 2.75. The summed E-state index contributed by atoms with van der Waals surface area (Å²) in [6.45, 7) is 5.73. The summed E-state index contributed by atoms with van der Waals surface area (Å²) in [6, 6.07) is 6.35. The summed E-state index contributed by atoms with van der Waals surface area (Å²) >= 11 is 0. The van der Waals surface area contributed by atoms with Crippen LogP contribution in [0.5, 0.6) is 0 Å². The molecule has 1 amide bonds. The maximum atomic E-state index is 12.5. The van der Waals surface area contributed by atoms with Gasteiger partial charge in [-0.2, -0.15) is 5.10 Å². The maximum Gasteiger partial charge on any atom is 0.253 e. The van der Waals surface area contributed by atoms with Crippen LogP contribution in [0.25, 0.3) is 10.9 Å². The molecule has 2 atom stereocenters. The minimum Gasteiger partial charge on any atom is -0.336 e. The number of benzene rings is 1. The molecule has 3 rings (SSSR count). The van der Waals surface area contributed by atoms with Crippen molar-refractivity contribution in [3.05, 3.63) is 30.0 Å². The molecule has 2 heterocycles. The van der Waals surface area contributed by atoms with Crippen LogP contribution in [0.1, 0.15) is 24.2 Å². The average Bonchev–Trinajstić information content (AvgIpc) is 2.83. The predicted octanol–water partition coefficient (Wildman–Crippen LogP) is 1.39. The molecule has 0 saturated carbocycles. The molecule has 2 aromatic rings. The molecule has 0 aliphatic carbocycles. The predicted molar refractivity (Wildman–Crippen MR) is 74.1 cm³/mol. The monoisotopic (exact) mass is 258 g/mol. The molecule has 1 aromatic heterocycles. The van der Waals surface area contributed by atoms with E-state index in [1.165, 1.54) is 0 Å². The Morgan fingerprint density at radius 1 is 1.32 bits per heavy atom. The van der Waals surface area contributed by atoms with Crippen molar-refractivity contribution in [1.82, 2.24) is 20.4 Å². The second-order valence-electron chi connectivity index (χ2n) is 5.35. The lowest BCUT2D eigenvalue weighted by Crippen LogP contribution is -2.55. The van der Waals surface area contributed by atoms with E-state index in [2.05, 4.69) is 29.4 Å². The summed E-state index contributed by atoms with van der Waals surface area (Å²) in [5.41, 5.74) is 1.69. The van der Waals surface area contributed by atoms with Crippen LogP contribution in [0, 0.1) is 0 Å². The van der Waals surface area contributed by atoms with Gasteiger partial charge in [0.1, 0.15) is 0 Å². The zero-order valence-electron chi connectivity index (χ0n) is 11.2. The maximum absolute atomic E-state index is 12.5. The van der Waals surface area contributed by atoms with Gasteiger partial charge in [-0.15, -0.1) is 0 Å². The summed E-state index contributed by atoms with van der Waals surface area (Å²) in [7, 11) is 0. The molecule has 2 N–H and O–H groups in total. The summed E-state index contributed by atoms with van der Waals surface area (Å²) in [5.74, 6) is 0.100. The summed E-state index contributed by atoms with van der Waals surface area (Å²) < 4.78 is 0. The summed E-state index contributed by atoms with van der Waals surface area (Å²) in [4.78, 5) is 14.4. The molecule has 0 spiro atoms. The average molecular weight is 258 g/mol. The Hall–Kier alpha value is -1.88. The normalized spacial score (nSPS) is 23.8. The molecule has 0 unspecified atom stereocenters. The van der Waals surface area contributed by atoms with E-state index in [1.807, 2.05) is 23.1 Å². The fraction of sp³-hybridized carbons (Fsp3) is 0.429. The number of aromatic nitrogens is 2. The number of nitrogens with zero attached hydrogens (tertiary/aromatic N) is 2. The number of hydrogen-bond acceptors (Lipinski definition) is 3. The van der Waals surface area contributed by atoms with Gasteiger partial charge < -0.3 is 10.2 Å². The quantitative estimate of drug-likeness (QED) is 0.812. The molecule has 1 saturated heterocycles. The molecule has 0 bridgehead atoms. The van der Waals surface area contributed by atoms with Gasteiger partial charge in [0.15, 0.2) is 0 Å². The highest BCUT2D eigenvalue weighted by atomic mass is 16.2. The van der Waals surface area contributed by atoms with Crippen molar-refractivity contribution in [2.75, 3.05) is 13.1 Å². The van der Waals surface area contributed by atoms with Crippen LogP contribution in [0.2, 0.25) is 0 Å². The van der Waals surface area contributed by atoms with Gasteiger partial charge in [-0.1, -0.05) is 0 Å². The fourth-order valence-electron chi connectivity index (χ4n) is 2.75. The molecule has 1 aromatic carbocycles. The van der Waals surface area contributed by atoms with Crippen LogP contribution < -0.4 is 5.32 Å². The third-order valence-electron chi connectivity index (χ3n) is 3.53. The molecule has 1 aliphatic heterocycles. The zero-order valence-corrected chi connectivity index (χ0v) is 11.2. The number of amides is 1. The molecule has 5 heteroatoms. The second-order valence-corrected chi connectivity index (χ2v) is 5.35. The Morgan fingerprint density at radius 3 is 2.79 bits per heavy atom. The Morgan fingerprint density at radius 2 is 2.05 bits per heavy atom. The topological polar surface area (TPSA) is 61.0 Å². The van der Waals surface area contributed by atoms with Crippen molar-refractivity contribution < 1.29 is 4.79 Å². The van der Waals surface area contributed by atoms with Crippen LogP contribution in [0.3, 0.4) is 0 Å². The highest BCUT2D eigenvalue weighted by molar-refractivity contribution is 5.98. The Bertz CT molecular complexity index is 596. The Kier molecular flexibility index (Phi) is 2.98. The van der Waals surface area contributed by atoms with Gasteiger partial charge in [0.25, 0.3) is 5.91 Å². The summed E-state index contributed by atoms with van der Waals surface area (Å²) in [6.07, 6.45) is 1.75. The minimum atomic E-state index is 0.100. The summed E-state index contributed by atoms with van der Waals surface area (Å²) in [5, 5.41) is 11.3. The van der Waals surface area contributed by atoms with Gasteiger partial charge in [-0.25, -0.2) is 0 Å². The van der Waals surface area contributed by atoms with E-state index in [4.69, 9.17) is 0 Å². The van der Waals surface area contributed by atoms with E-state index in [0.29, 0.717) is 12.1 Å². The van der Waals surface area contributed by atoms with Crippen molar-refractivity contribution in [1.29, 1.82) is 0 Å². The largest absolute Gasteiger partial charge is 0.336 e. The van der Waals surface area contributed by atoms with Gasteiger partial charge in [0, 0.05) is 36.1 Å². The molecular weight excluding hydrogens is 240 g/mol. The number of aromatic amines is 1. The highest BCUT2D eigenvalue weighted by Crippen LogP contribution is 2.16. The van der Waals surface area contributed by atoms with Crippen molar-refractivity contribution >= 4 is 16.8 Å². The smallest absolute Gasteiger partial charge is 0.253 e. The molecule has 100 valence electrons. The van der Waals surface area contributed by atoms with Gasteiger partial charge in [0.2, 0.25) is 0 Å². The number of rotatable bonds is 1. The van der Waals surface area contributed by atoms with Crippen LogP contribution in [0.4, 0.5) is 0 Å². The van der Waals surface area contributed by atoms with E-state index < -0.39 is 0 Å². The number of hydrogen-bond donors (Lipinski definition) is 2. The van der Waals surface area contributed by atoms with E-state index >= 15 is 0 Å². The first kappa shape index (κ1) is 12.2. The van der Waals surface area contributed by atoms with Gasteiger partial charge in [-0.3, -0.25) is 9.89 Å². The number of H-pyrrole nitrogens is 1. The van der Waals surface area contributed by atoms with Crippen LogP contribution in [0.15, 0.2) is 24.4 Å². The van der Waals surface area contributed by atoms with Crippen molar-refractivity contribution in [2.24, 2.45) is 0 Å². The minimum absolute atomic E-state index is 0.100. The first-order chi connectivity index (χ1) is 9.13. The lowest BCUT2D eigenvalue weighted by molar-refractivity contribution is 0.0674. The molecule has 5 nitrogen and oxygen atoms in total. The van der Waals surface area contributed by atoms with E-state index in [9.17, 15) is 4.79 Å². The number of nitrogens with one attached hydrogen (secondary N) is 2. The first-order valence-electron chi connectivity index (χ1n) is 6.62. The molecular formula is C14H18N4O. The SMILES string of the molecule is C[C@@H]1CN(C(=O)c2ccc3[nH]ncc3c2)C[C@H](C)N1. The third kappa shape index (κ3) is 2.33. The molecule has 1 fully saturated rings. The van der Waals surface area contributed by atoms with Crippen molar-refractivity contribution in [2.45, 2.75) is 25.9 Å². The number of carbonyl (C=O) groups is 1. The van der Waals surface area contributed by atoms with Gasteiger partial charge >= 0.3 is 0 Å². The number of piperazine rings is 1. The molecule has 19 heavy (non-hydrogen) atoms.